The minimum Gasteiger partial charge on any atom is -0.350 e. The van der Waals surface area contributed by atoms with Crippen molar-refractivity contribution >= 4 is 34.1 Å². The number of para-hydroxylation sites is 1. The van der Waals surface area contributed by atoms with Crippen molar-refractivity contribution in [1.82, 2.24) is 10.3 Å². The van der Waals surface area contributed by atoms with Crippen LogP contribution in [0.4, 0.5) is 5.69 Å². The number of alkyl halides is 1. The SMILES string of the molecule is O=C(NCCCCl)c1[nH]c2ccccc2c1[N+](=O)[O-]. The van der Waals surface area contributed by atoms with Crippen LogP contribution in [0.15, 0.2) is 24.3 Å². The third-order valence-corrected chi connectivity index (χ3v) is 2.95. The van der Waals surface area contributed by atoms with Gasteiger partial charge in [0.2, 0.25) is 0 Å². The number of rotatable bonds is 5. The molecular weight excluding hydrogens is 270 g/mol. The van der Waals surface area contributed by atoms with E-state index in [0.29, 0.717) is 29.7 Å². The molecule has 2 N–H and O–H groups in total. The molecule has 0 aliphatic heterocycles. The van der Waals surface area contributed by atoms with Gasteiger partial charge in [-0.3, -0.25) is 14.9 Å². The lowest BCUT2D eigenvalue weighted by atomic mass is 10.2. The number of nitrogens with zero attached hydrogens (tertiary/aromatic N) is 1. The fourth-order valence-corrected chi connectivity index (χ4v) is 1.97. The molecule has 0 saturated heterocycles. The van der Waals surface area contributed by atoms with Crippen LogP contribution in [-0.2, 0) is 0 Å². The van der Waals surface area contributed by atoms with Crippen molar-refractivity contribution in [2.75, 3.05) is 12.4 Å². The number of nitro groups is 1. The molecule has 100 valence electrons. The zero-order valence-corrected chi connectivity index (χ0v) is 10.7. The zero-order valence-electron chi connectivity index (χ0n) is 9.98. The first-order chi connectivity index (χ1) is 9.15. The summed E-state index contributed by atoms with van der Waals surface area (Å²) in [6.45, 7) is 0.384. The molecule has 0 atom stereocenters. The predicted octanol–water partition coefficient (Wildman–Crippen LogP) is 2.43. The second-order valence-electron chi connectivity index (χ2n) is 3.95. The van der Waals surface area contributed by atoms with Crippen LogP contribution in [-0.4, -0.2) is 28.2 Å². The molecule has 19 heavy (non-hydrogen) atoms. The number of H-pyrrole nitrogens is 1. The predicted molar refractivity (Wildman–Crippen MR) is 72.6 cm³/mol. The van der Waals surface area contributed by atoms with Gasteiger partial charge in [-0.25, -0.2) is 0 Å². The molecule has 0 spiro atoms. The number of nitrogens with one attached hydrogen (secondary N) is 2. The molecular formula is C12H12ClN3O3. The maximum absolute atomic E-state index is 11.9. The Morgan fingerprint density at radius 3 is 2.84 bits per heavy atom. The fourth-order valence-electron chi connectivity index (χ4n) is 1.84. The minimum absolute atomic E-state index is 0.0271. The maximum atomic E-state index is 11.9. The van der Waals surface area contributed by atoms with Crippen LogP contribution in [0.3, 0.4) is 0 Å². The highest BCUT2D eigenvalue weighted by atomic mass is 35.5. The van der Waals surface area contributed by atoms with Gasteiger partial charge in [-0.15, -0.1) is 11.6 Å². The third kappa shape index (κ3) is 2.68. The Balaban J connectivity index is 2.39. The average molecular weight is 282 g/mol. The number of carbonyl (C=O) groups is 1. The van der Waals surface area contributed by atoms with Crippen molar-refractivity contribution in [3.05, 3.63) is 40.1 Å². The molecule has 0 fully saturated rings. The number of aromatic nitrogens is 1. The number of aromatic amines is 1. The summed E-state index contributed by atoms with van der Waals surface area (Å²) in [7, 11) is 0. The van der Waals surface area contributed by atoms with Gasteiger partial charge in [-0.2, -0.15) is 0 Å². The van der Waals surface area contributed by atoms with Crippen LogP contribution in [0, 0.1) is 10.1 Å². The van der Waals surface area contributed by atoms with E-state index in [4.69, 9.17) is 11.6 Å². The summed E-state index contributed by atoms with van der Waals surface area (Å²) >= 11 is 5.51. The van der Waals surface area contributed by atoms with Crippen molar-refractivity contribution in [3.8, 4) is 0 Å². The Bertz CT molecular complexity index is 624. The molecule has 0 bridgehead atoms. The van der Waals surface area contributed by atoms with Crippen LogP contribution >= 0.6 is 11.6 Å². The number of hydrogen-bond donors (Lipinski definition) is 2. The molecule has 0 saturated carbocycles. The van der Waals surface area contributed by atoms with E-state index < -0.39 is 10.8 Å². The van der Waals surface area contributed by atoms with Gasteiger partial charge in [0.15, 0.2) is 5.69 Å². The van der Waals surface area contributed by atoms with Gasteiger partial charge < -0.3 is 10.3 Å². The smallest absolute Gasteiger partial charge is 0.307 e. The lowest BCUT2D eigenvalue weighted by Crippen LogP contribution is -2.25. The molecule has 0 aliphatic carbocycles. The molecule has 7 heteroatoms. The first-order valence-corrected chi connectivity index (χ1v) is 6.28. The molecule has 1 aromatic carbocycles. The Morgan fingerprint density at radius 1 is 1.42 bits per heavy atom. The second kappa shape index (κ2) is 5.71. The Kier molecular flexibility index (Phi) is 4.01. The summed E-state index contributed by atoms with van der Waals surface area (Å²) in [5.41, 5.74) is 0.344. The number of benzene rings is 1. The fraction of sp³-hybridized carbons (Fsp3) is 0.250. The molecule has 2 aromatic rings. The van der Waals surface area contributed by atoms with Crippen molar-refractivity contribution < 1.29 is 9.72 Å². The molecule has 0 radical (unpaired) electrons. The van der Waals surface area contributed by atoms with E-state index in [-0.39, 0.29) is 11.4 Å². The van der Waals surface area contributed by atoms with E-state index >= 15 is 0 Å². The van der Waals surface area contributed by atoms with Crippen molar-refractivity contribution in [2.24, 2.45) is 0 Å². The van der Waals surface area contributed by atoms with Crippen molar-refractivity contribution in [3.63, 3.8) is 0 Å². The molecule has 1 heterocycles. The van der Waals surface area contributed by atoms with Gasteiger partial charge >= 0.3 is 5.69 Å². The van der Waals surface area contributed by atoms with Gasteiger partial charge in [-0.1, -0.05) is 12.1 Å². The molecule has 0 aliphatic rings. The van der Waals surface area contributed by atoms with Crippen LogP contribution < -0.4 is 5.32 Å². The first kappa shape index (κ1) is 13.4. The quantitative estimate of drug-likeness (QED) is 0.382. The highest BCUT2D eigenvalue weighted by Crippen LogP contribution is 2.29. The van der Waals surface area contributed by atoms with E-state index in [9.17, 15) is 14.9 Å². The van der Waals surface area contributed by atoms with Gasteiger partial charge in [0.1, 0.15) is 0 Å². The summed E-state index contributed by atoms with van der Waals surface area (Å²) in [5, 5.41) is 14.1. The maximum Gasteiger partial charge on any atom is 0.307 e. The van der Waals surface area contributed by atoms with E-state index in [2.05, 4.69) is 10.3 Å². The zero-order chi connectivity index (χ0) is 13.8. The first-order valence-electron chi connectivity index (χ1n) is 5.74. The standard InChI is InChI=1S/C12H12ClN3O3/c13-6-3-7-14-12(17)10-11(16(18)19)8-4-1-2-5-9(8)15-10/h1-2,4-5,15H,3,6-7H2,(H,14,17). The lowest BCUT2D eigenvalue weighted by molar-refractivity contribution is -0.383. The summed E-state index contributed by atoms with van der Waals surface area (Å²) in [6, 6.07) is 6.74. The van der Waals surface area contributed by atoms with Crippen LogP contribution in [0.1, 0.15) is 16.9 Å². The van der Waals surface area contributed by atoms with Gasteiger partial charge in [0.25, 0.3) is 5.91 Å². The topological polar surface area (TPSA) is 88.0 Å². The van der Waals surface area contributed by atoms with Crippen LogP contribution in [0.5, 0.6) is 0 Å². The number of carbonyl (C=O) groups excluding carboxylic acids is 1. The highest BCUT2D eigenvalue weighted by molar-refractivity contribution is 6.17. The van der Waals surface area contributed by atoms with Crippen molar-refractivity contribution in [2.45, 2.75) is 6.42 Å². The number of hydrogen-bond acceptors (Lipinski definition) is 3. The van der Waals surface area contributed by atoms with Crippen LogP contribution in [0.25, 0.3) is 10.9 Å². The van der Waals surface area contributed by atoms with E-state index in [1.54, 1.807) is 24.3 Å². The molecule has 2 rings (SSSR count). The second-order valence-corrected chi connectivity index (χ2v) is 4.33. The largest absolute Gasteiger partial charge is 0.350 e. The summed E-state index contributed by atoms with van der Waals surface area (Å²) in [4.78, 5) is 25.3. The Labute approximate surface area is 113 Å². The van der Waals surface area contributed by atoms with Crippen molar-refractivity contribution in [1.29, 1.82) is 0 Å². The van der Waals surface area contributed by atoms with Gasteiger partial charge in [0, 0.05) is 12.4 Å². The van der Waals surface area contributed by atoms with E-state index in [0.717, 1.165) is 0 Å². The van der Waals surface area contributed by atoms with E-state index in [1.807, 2.05) is 0 Å². The molecule has 1 aromatic heterocycles. The molecule has 0 unspecified atom stereocenters. The van der Waals surface area contributed by atoms with Crippen LogP contribution in [0.2, 0.25) is 0 Å². The summed E-state index contributed by atoms with van der Waals surface area (Å²) in [6.07, 6.45) is 0.612. The number of fused-ring (bicyclic) bond motifs is 1. The number of amides is 1. The third-order valence-electron chi connectivity index (χ3n) is 2.68. The van der Waals surface area contributed by atoms with Gasteiger partial charge in [-0.05, 0) is 18.6 Å². The highest BCUT2D eigenvalue weighted by Gasteiger charge is 2.26. The normalized spacial score (nSPS) is 10.6. The average Bonchev–Trinajstić information content (AvgIpc) is 2.78. The van der Waals surface area contributed by atoms with E-state index in [1.165, 1.54) is 0 Å². The monoisotopic (exact) mass is 281 g/mol. The minimum atomic E-state index is -0.546. The lowest BCUT2D eigenvalue weighted by Gasteiger charge is -2.01. The number of halogens is 1. The Hall–Kier alpha value is -2.08. The molecule has 6 nitrogen and oxygen atoms in total. The summed E-state index contributed by atoms with van der Waals surface area (Å²) < 4.78 is 0. The Morgan fingerprint density at radius 2 is 2.16 bits per heavy atom. The van der Waals surface area contributed by atoms with Gasteiger partial charge in [0.05, 0.1) is 15.8 Å². The molecule has 1 amide bonds. The summed E-state index contributed by atoms with van der Waals surface area (Å²) in [5.74, 6) is -0.0669.